The van der Waals surface area contributed by atoms with E-state index < -0.39 is 5.92 Å². The van der Waals surface area contributed by atoms with Gasteiger partial charge in [-0.1, -0.05) is 64.1 Å². The SMILES string of the molecule is CC.CC.I[I-]I.O=[N+]([O-])C[C@H]1c2ccccc2Oc2ccccc2[C@@H]1CO. The van der Waals surface area contributed by atoms with Gasteiger partial charge in [-0.2, -0.15) is 0 Å². The summed E-state index contributed by atoms with van der Waals surface area (Å²) >= 11 is 5.30. The molecular weight excluding hydrogens is 699 g/mol. The number of nitrogens with zero attached hydrogens (tertiary/aromatic N) is 1. The fraction of sp³-hybridized carbons (Fsp3) is 0.400. The van der Waals surface area contributed by atoms with E-state index in [0.29, 0.717) is 24.8 Å². The minimum Gasteiger partial charge on any atom is -0.457 e. The number of para-hydroxylation sites is 2. The van der Waals surface area contributed by atoms with Crippen molar-refractivity contribution in [2.75, 3.05) is 13.2 Å². The number of rotatable bonds is 3. The maximum atomic E-state index is 11.0. The molecule has 0 saturated carbocycles. The zero-order valence-corrected chi connectivity index (χ0v) is 22.9. The van der Waals surface area contributed by atoms with Crippen LogP contribution in [0.15, 0.2) is 48.5 Å². The Hall–Kier alpha value is -0.210. The van der Waals surface area contributed by atoms with Crippen LogP contribution < -0.4 is 18.0 Å². The largest absolute Gasteiger partial charge is 0.457 e. The Kier molecular flexibility index (Phi) is 16.4. The Morgan fingerprint density at radius 3 is 1.75 bits per heavy atom. The van der Waals surface area contributed by atoms with Crippen LogP contribution in [0.4, 0.5) is 0 Å². The topological polar surface area (TPSA) is 72.6 Å². The Bertz CT molecular complexity index is 701. The van der Waals surface area contributed by atoms with Gasteiger partial charge in [-0.25, -0.2) is 0 Å². The molecule has 2 aromatic rings. The Balaban J connectivity index is 0.000000930. The molecule has 28 heavy (non-hydrogen) atoms. The normalized spacial score (nSPS) is 16.1. The van der Waals surface area contributed by atoms with Gasteiger partial charge in [-0.15, -0.1) is 0 Å². The van der Waals surface area contributed by atoms with E-state index in [0.717, 1.165) is 11.1 Å². The molecule has 1 aliphatic heterocycles. The molecule has 0 radical (unpaired) electrons. The van der Waals surface area contributed by atoms with Gasteiger partial charge in [0.05, 0.1) is 12.5 Å². The van der Waals surface area contributed by atoms with E-state index in [4.69, 9.17) is 4.74 Å². The second kappa shape index (κ2) is 16.6. The van der Waals surface area contributed by atoms with Crippen LogP contribution in [0.2, 0.25) is 0 Å². The number of benzene rings is 2. The van der Waals surface area contributed by atoms with Gasteiger partial charge in [0.2, 0.25) is 6.54 Å². The number of aliphatic hydroxyl groups is 1. The van der Waals surface area contributed by atoms with Gasteiger partial charge in [0, 0.05) is 22.0 Å². The van der Waals surface area contributed by atoms with E-state index in [2.05, 4.69) is 37.2 Å². The van der Waals surface area contributed by atoms with E-state index in [1.54, 1.807) is 6.07 Å². The van der Waals surface area contributed by atoms with Crippen LogP contribution in [0, 0.1) is 10.1 Å². The van der Waals surface area contributed by atoms with Crippen molar-refractivity contribution < 1.29 is 28.0 Å². The minimum atomic E-state index is -0.412. The first-order valence-corrected chi connectivity index (χ1v) is 21.6. The first-order chi connectivity index (χ1) is 13.6. The first-order valence-electron chi connectivity index (χ1n) is 9.07. The van der Waals surface area contributed by atoms with Crippen LogP contribution in [-0.2, 0) is 0 Å². The fourth-order valence-electron chi connectivity index (χ4n) is 2.92. The third kappa shape index (κ3) is 8.27. The van der Waals surface area contributed by atoms with E-state index in [1.807, 2.05) is 70.2 Å². The number of fused-ring (bicyclic) bond motifs is 2. The predicted molar refractivity (Wildman–Crippen MR) is 128 cm³/mol. The molecule has 0 spiro atoms. The predicted octanol–water partition coefficient (Wildman–Crippen LogP) is 3.76. The minimum absolute atomic E-state index is 0.160. The Morgan fingerprint density at radius 2 is 1.36 bits per heavy atom. The van der Waals surface area contributed by atoms with Crippen molar-refractivity contribution in [2.45, 2.75) is 39.5 Å². The number of hydrogen-bond donors (Lipinski definition) is 1. The van der Waals surface area contributed by atoms with Gasteiger partial charge in [-0.3, -0.25) is 10.1 Å². The summed E-state index contributed by atoms with van der Waals surface area (Å²) in [6.45, 7) is 7.60. The molecule has 2 atom stereocenters. The second-order valence-corrected chi connectivity index (χ2v) is 21.4. The van der Waals surface area contributed by atoms with Crippen LogP contribution in [0.3, 0.4) is 0 Å². The zero-order valence-electron chi connectivity index (χ0n) is 16.4. The summed E-state index contributed by atoms with van der Waals surface area (Å²) < 4.78 is 5.91. The summed E-state index contributed by atoms with van der Waals surface area (Å²) in [7, 11) is 0. The molecule has 0 amide bonds. The molecule has 5 nitrogen and oxygen atoms in total. The maximum Gasteiger partial charge on any atom is 0.211 e. The van der Waals surface area contributed by atoms with Crippen LogP contribution in [0.1, 0.15) is 50.7 Å². The molecule has 1 aliphatic rings. The monoisotopic (exact) mass is 726 g/mol. The fourth-order valence-corrected chi connectivity index (χ4v) is 2.92. The van der Waals surface area contributed by atoms with E-state index >= 15 is 0 Å². The third-order valence-corrected chi connectivity index (χ3v) is 3.89. The quantitative estimate of drug-likeness (QED) is 0.298. The van der Waals surface area contributed by atoms with Crippen molar-refractivity contribution in [1.29, 1.82) is 0 Å². The number of hydrogen-bond acceptors (Lipinski definition) is 4. The summed E-state index contributed by atoms with van der Waals surface area (Å²) in [6, 6.07) is 14.7. The van der Waals surface area contributed by atoms with Crippen LogP contribution in [0.5, 0.6) is 11.5 Å². The number of nitro groups is 1. The standard InChI is InChI=1S/C16H15NO4.2C2H6.I3/c18-10-14-12-6-2-4-8-16(12)21-15-7-3-1-5-11(15)13(14)9-17(19)20;2*1-2;1-3-2/h1-8,13-14,18H,9-10H2;2*1-2H3;/q;;;-1/t13-,14-;;;/m0.../s1. The summed E-state index contributed by atoms with van der Waals surface area (Å²) in [5.74, 6) is 0.502. The van der Waals surface area contributed by atoms with Crippen molar-refractivity contribution in [1.82, 2.24) is 0 Å². The molecule has 0 bridgehead atoms. The smallest absolute Gasteiger partial charge is 0.211 e. The summed E-state index contributed by atoms with van der Waals surface area (Å²) in [6.07, 6.45) is 0. The molecule has 0 unspecified atom stereocenters. The zero-order chi connectivity index (χ0) is 21.5. The molecule has 158 valence electrons. The number of halogens is 3. The molecule has 1 heterocycles. The molecule has 3 rings (SSSR count). The molecule has 0 aliphatic carbocycles. The summed E-state index contributed by atoms with van der Waals surface area (Å²) in [5, 5.41) is 20.8. The number of ether oxygens (including phenoxy) is 1. The first kappa shape index (κ1) is 27.8. The second-order valence-electron chi connectivity index (χ2n) is 5.14. The van der Waals surface area contributed by atoms with Crippen molar-refractivity contribution >= 4 is 37.2 Å². The van der Waals surface area contributed by atoms with E-state index in [9.17, 15) is 15.2 Å². The van der Waals surface area contributed by atoms with Gasteiger partial charge in [0.15, 0.2) is 0 Å². The van der Waals surface area contributed by atoms with Gasteiger partial charge < -0.3 is 9.84 Å². The molecule has 1 N–H and O–H groups in total. The van der Waals surface area contributed by atoms with E-state index in [-0.39, 0.29) is 24.0 Å². The maximum absolute atomic E-state index is 11.0. The van der Waals surface area contributed by atoms with Crippen LogP contribution >= 0.6 is 37.2 Å². The van der Waals surface area contributed by atoms with Crippen molar-refractivity contribution in [3.05, 3.63) is 69.8 Å². The molecular formula is C20H27I3NO4-. The molecule has 2 aromatic carbocycles. The third-order valence-electron chi connectivity index (χ3n) is 3.89. The molecule has 0 aromatic heterocycles. The van der Waals surface area contributed by atoms with Gasteiger partial charge in [0.25, 0.3) is 0 Å². The average molecular weight is 726 g/mol. The van der Waals surface area contributed by atoms with Gasteiger partial charge >= 0.3 is 50.5 Å². The van der Waals surface area contributed by atoms with Crippen molar-refractivity contribution in [3.8, 4) is 11.5 Å². The Labute approximate surface area is 197 Å². The average Bonchev–Trinajstić information content (AvgIpc) is 2.85. The molecule has 8 heteroatoms. The molecule has 0 fully saturated rings. The van der Waals surface area contributed by atoms with Gasteiger partial charge in [-0.05, 0) is 12.1 Å². The van der Waals surface area contributed by atoms with Crippen LogP contribution in [0.25, 0.3) is 0 Å². The van der Waals surface area contributed by atoms with E-state index in [1.165, 1.54) is 0 Å². The van der Waals surface area contributed by atoms with Gasteiger partial charge in [0.1, 0.15) is 11.5 Å². The van der Waals surface area contributed by atoms with Crippen molar-refractivity contribution in [2.24, 2.45) is 0 Å². The summed E-state index contributed by atoms with van der Waals surface area (Å²) in [4.78, 5) is 10.7. The number of aliphatic hydroxyl groups excluding tert-OH is 1. The summed E-state index contributed by atoms with van der Waals surface area (Å²) in [5.41, 5.74) is 1.58. The Morgan fingerprint density at radius 1 is 0.964 bits per heavy atom. The van der Waals surface area contributed by atoms with Crippen LogP contribution in [-0.4, -0.2) is 23.2 Å². The van der Waals surface area contributed by atoms with Crippen molar-refractivity contribution in [3.63, 3.8) is 0 Å². The molecule has 0 saturated heterocycles.